The van der Waals surface area contributed by atoms with Gasteiger partial charge in [0.15, 0.2) is 0 Å². The van der Waals surface area contributed by atoms with Gasteiger partial charge in [0.05, 0.1) is 18.4 Å². The first-order valence-electron chi connectivity index (χ1n) is 8.62. The fraction of sp³-hybridized carbons (Fsp3) is 0.238. The molecule has 3 rings (SSSR count). The zero-order chi connectivity index (χ0) is 19.4. The van der Waals surface area contributed by atoms with E-state index >= 15 is 0 Å². The standard InChI is InChI=1S/C21H20O6/c1-13(2)14-4-3-5-16(10-14)27-19-12-26-18-11-15(25-9-8-20(22)23)6-7-17(18)21(19)24/h3-7,10-13H,8-9H2,1-2H3,(H,22,23). The third kappa shape index (κ3) is 4.47. The lowest BCUT2D eigenvalue weighted by Crippen LogP contribution is -2.06. The van der Waals surface area contributed by atoms with Gasteiger partial charge in [0.1, 0.15) is 23.3 Å². The van der Waals surface area contributed by atoms with Crippen LogP contribution in [0.4, 0.5) is 0 Å². The molecule has 1 N–H and O–H groups in total. The highest BCUT2D eigenvalue weighted by atomic mass is 16.5. The second-order valence-electron chi connectivity index (χ2n) is 6.41. The molecule has 27 heavy (non-hydrogen) atoms. The lowest BCUT2D eigenvalue weighted by molar-refractivity contribution is -0.137. The molecular weight excluding hydrogens is 348 g/mol. The summed E-state index contributed by atoms with van der Waals surface area (Å²) in [6.07, 6.45) is 1.16. The number of fused-ring (bicyclic) bond motifs is 1. The van der Waals surface area contributed by atoms with Crippen molar-refractivity contribution < 1.29 is 23.8 Å². The highest BCUT2D eigenvalue weighted by Gasteiger charge is 2.11. The van der Waals surface area contributed by atoms with Crippen molar-refractivity contribution >= 4 is 16.9 Å². The van der Waals surface area contributed by atoms with E-state index in [0.717, 1.165) is 5.56 Å². The predicted molar refractivity (Wildman–Crippen MR) is 101 cm³/mol. The summed E-state index contributed by atoms with van der Waals surface area (Å²) in [5, 5.41) is 9.00. The van der Waals surface area contributed by atoms with Gasteiger partial charge in [-0.25, -0.2) is 0 Å². The highest BCUT2D eigenvalue weighted by Crippen LogP contribution is 2.26. The second kappa shape index (κ2) is 7.95. The van der Waals surface area contributed by atoms with Crippen LogP contribution in [0.25, 0.3) is 11.0 Å². The fourth-order valence-corrected chi connectivity index (χ4v) is 2.57. The van der Waals surface area contributed by atoms with Gasteiger partial charge in [-0.1, -0.05) is 26.0 Å². The third-order valence-electron chi connectivity index (χ3n) is 4.05. The normalized spacial score (nSPS) is 10.9. The topological polar surface area (TPSA) is 86.0 Å². The molecule has 0 fully saturated rings. The Balaban J connectivity index is 1.84. The van der Waals surface area contributed by atoms with E-state index in [1.54, 1.807) is 24.3 Å². The van der Waals surface area contributed by atoms with E-state index in [0.29, 0.717) is 28.4 Å². The van der Waals surface area contributed by atoms with Crippen molar-refractivity contribution in [2.75, 3.05) is 6.61 Å². The summed E-state index contributed by atoms with van der Waals surface area (Å²) >= 11 is 0. The first-order chi connectivity index (χ1) is 12.9. The van der Waals surface area contributed by atoms with Crippen LogP contribution in [0.5, 0.6) is 17.2 Å². The molecule has 6 nitrogen and oxygen atoms in total. The largest absolute Gasteiger partial charge is 0.493 e. The van der Waals surface area contributed by atoms with Crippen molar-refractivity contribution in [3.63, 3.8) is 0 Å². The molecule has 1 aromatic heterocycles. The molecule has 0 aliphatic heterocycles. The van der Waals surface area contributed by atoms with Gasteiger partial charge < -0.3 is 19.0 Å². The molecule has 0 bridgehead atoms. The van der Waals surface area contributed by atoms with Crippen LogP contribution in [-0.4, -0.2) is 17.7 Å². The molecule has 140 valence electrons. The SMILES string of the molecule is CC(C)c1cccc(Oc2coc3cc(OCCC(=O)O)ccc3c2=O)c1. The monoisotopic (exact) mass is 368 g/mol. The maximum Gasteiger partial charge on any atom is 0.306 e. The van der Waals surface area contributed by atoms with Gasteiger partial charge in [0.2, 0.25) is 11.2 Å². The Morgan fingerprint density at radius 3 is 2.70 bits per heavy atom. The maximum atomic E-state index is 12.7. The maximum absolute atomic E-state index is 12.7. The smallest absolute Gasteiger partial charge is 0.306 e. The lowest BCUT2D eigenvalue weighted by atomic mass is 10.0. The second-order valence-corrected chi connectivity index (χ2v) is 6.41. The van der Waals surface area contributed by atoms with Gasteiger partial charge in [-0.05, 0) is 35.7 Å². The van der Waals surface area contributed by atoms with Gasteiger partial charge >= 0.3 is 5.97 Å². The van der Waals surface area contributed by atoms with Crippen LogP contribution in [0.1, 0.15) is 31.7 Å². The molecule has 0 amide bonds. The fourth-order valence-electron chi connectivity index (χ4n) is 2.57. The van der Waals surface area contributed by atoms with Crippen molar-refractivity contribution in [2.24, 2.45) is 0 Å². The Labute approximate surface area is 156 Å². The van der Waals surface area contributed by atoms with E-state index in [4.69, 9.17) is 19.0 Å². The van der Waals surface area contributed by atoms with Crippen molar-refractivity contribution in [1.82, 2.24) is 0 Å². The lowest BCUT2D eigenvalue weighted by Gasteiger charge is -2.10. The molecule has 2 aromatic carbocycles. The number of carboxylic acids is 1. The number of hydrogen-bond donors (Lipinski definition) is 1. The summed E-state index contributed by atoms with van der Waals surface area (Å²) in [5.74, 6) is 0.515. The number of carbonyl (C=O) groups is 1. The predicted octanol–water partition coefficient (Wildman–Crippen LogP) is 4.56. The Kier molecular flexibility index (Phi) is 5.45. The minimum absolute atomic E-state index is 0.0401. The van der Waals surface area contributed by atoms with Gasteiger partial charge in [-0.3, -0.25) is 9.59 Å². The average molecular weight is 368 g/mol. The Bertz CT molecular complexity index is 1020. The summed E-state index contributed by atoms with van der Waals surface area (Å²) < 4.78 is 16.6. The minimum Gasteiger partial charge on any atom is -0.493 e. The van der Waals surface area contributed by atoms with Crippen LogP contribution in [0.2, 0.25) is 0 Å². The summed E-state index contributed by atoms with van der Waals surface area (Å²) in [5.41, 5.74) is 1.17. The Hall–Kier alpha value is -3.28. The van der Waals surface area contributed by atoms with Crippen LogP contribution < -0.4 is 14.9 Å². The summed E-state index contributed by atoms with van der Waals surface area (Å²) in [6.45, 7) is 4.21. The average Bonchev–Trinajstić information content (AvgIpc) is 2.64. The van der Waals surface area contributed by atoms with Crippen molar-refractivity contribution in [1.29, 1.82) is 0 Å². The molecular formula is C21H20O6. The molecule has 1 heterocycles. The molecule has 0 aliphatic rings. The van der Waals surface area contributed by atoms with E-state index in [1.807, 2.05) is 18.2 Å². The summed E-state index contributed by atoms with van der Waals surface area (Å²) in [7, 11) is 0. The van der Waals surface area contributed by atoms with E-state index in [-0.39, 0.29) is 24.2 Å². The van der Waals surface area contributed by atoms with Gasteiger partial charge in [-0.15, -0.1) is 0 Å². The first kappa shape index (κ1) is 18.5. The van der Waals surface area contributed by atoms with E-state index in [9.17, 15) is 9.59 Å². The van der Waals surface area contributed by atoms with E-state index < -0.39 is 5.97 Å². The van der Waals surface area contributed by atoms with Gasteiger partial charge in [0, 0.05) is 6.07 Å². The van der Waals surface area contributed by atoms with Crippen LogP contribution in [0.3, 0.4) is 0 Å². The molecule has 0 saturated carbocycles. The van der Waals surface area contributed by atoms with E-state index in [1.165, 1.54) is 6.26 Å². The van der Waals surface area contributed by atoms with Gasteiger partial charge in [-0.2, -0.15) is 0 Å². The Morgan fingerprint density at radius 1 is 1.15 bits per heavy atom. The molecule has 0 saturated heterocycles. The third-order valence-corrected chi connectivity index (χ3v) is 4.05. The van der Waals surface area contributed by atoms with Crippen molar-refractivity contribution in [3.05, 3.63) is 64.5 Å². The van der Waals surface area contributed by atoms with Crippen LogP contribution in [0, 0.1) is 0 Å². The zero-order valence-electron chi connectivity index (χ0n) is 15.1. The highest BCUT2D eigenvalue weighted by molar-refractivity contribution is 5.79. The number of benzene rings is 2. The number of carboxylic acid groups (broad SMARTS) is 1. The number of aliphatic carboxylic acids is 1. The molecule has 0 radical (unpaired) electrons. The molecule has 0 atom stereocenters. The quantitative estimate of drug-likeness (QED) is 0.658. The number of hydrogen-bond acceptors (Lipinski definition) is 5. The summed E-state index contributed by atoms with van der Waals surface area (Å²) in [6, 6.07) is 12.3. The first-order valence-corrected chi connectivity index (χ1v) is 8.62. The molecule has 0 aliphatic carbocycles. The van der Waals surface area contributed by atoms with Crippen LogP contribution in [0.15, 0.2) is 57.9 Å². The Morgan fingerprint density at radius 2 is 1.96 bits per heavy atom. The van der Waals surface area contributed by atoms with Crippen molar-refractivity contribution in [2.45, 2.75) is 26.2 Å². The molecule has 0 unspecified atom stereocenters. The van der Waals surface area contributed by atoms with E-state index in [2.05, 4.69) is 13.8 Å². The molecule has 6 heteroatoms. The van der Waals surface area contributed by atoms with Crippen LogP contribution >= 0.6 is 0 Å². The van der Waals surface area contributed by atoms with Crippen molar-refractivity contribution in [3.8, 4) is 17.2 Å². The van der Waals surface area contributed by atoms with Gasteiger partial charge in [0.25, 0.3) is 0 Å². The number of rotatable bonds is 7. The number of ether oxygens (including phenoxy) is 2. The summed E-state index contributed by atoms with van der Waals surface area (Å²) in [4.78, 5) is 23.2. The molecule has 0 spiro atoms. The molecule has 3 aromatic rings. The van der Waals surface area contributed by atoms with Crippen LogP contribution in [-0.2, 0) is 4.79 Å². The minimum atomic E-state index is -0.939. The zero-order valence-corrected chi connectivity index (χ0v) is 15.1.